The Hall–Kier alpha value is -4.98. The van der Waals surface area contributed by atoms with Crippen LogP contribution in [0.3, 0.4) is 0 Å². The lowest BCUT2D eigenvalue weighted by Crippen LogP contribution is -2.19. The molecule has 0 heterocycles. The lowest BCUT2D eigenvalue weighted by Gasteiger charge is -2.29. The zero-order valence-corrected chi connectivity index (χ0v) is 40.5. The number of carbonyl (C=O) groups excluding carboxylic acids is 2. The molecular weight excluding hydrogens is 777 g/mol. The Balaban J connectivity index is 1.98. The van der Waals surface area contributed by atoms with Crippen LogP contribution in [0.4, 0.5) is 0 Å². The molecule has 0 fully saturated rings. The highest BCUT2D eigenvalue weighted by Crippen LogP contribution is 2.44. The van der Waals surface area contributed by atoms with Crippen molar-refractivity contribution in [2.24, 2.45) is 0 Å². The molecule has 0 aliphatic heterocycles. The number of rotatable bonds is 10. The van der Waals surface area contributed by atoms with Crippen molar-refractivity contribution >= 4 is 11.9 Å². The van der Waals surface area contributed by atoms with Gasteiger partial charge in [-0.25, -0.2) is 9.59 Å². The predicted molar refractivity (Wildman–Crippen MR) is 249 cm³/mol. The molecule has 0 unspecified atom stereocenters. The minimum absolute atomic E-state index is 0.204. The SMILES string of the molecule is CCOC(=O)COc1c2cc(C(C)(C)C)cc1Cc1cc(C(C)(C)C)cc(c1OC)Cc1cc(C(C)(C)C)cc(c1OCC(=O)OCC)Cc1cc(C(C)(C)C)cc(c1OC)C2. The van der Waals surface area contributed by atoms with Gasteiger partial charge in [0.15, 0.2) is 13.2 Å². The van der Waals surface area contributed by atoms with Crippen LogP contribution < -0.4 is 18.9 Å². The molecule has 0 amide bonds. The van der Waals surface area contributed by atoms with Crippen molar-refractivity contribution in [1.82, 2.24) is 0 Å². The summed E-state index contributed by atoms with van der Waals surface area (Å²) in [6.45, 7) is 30.3. The summed E-state index contributed by atoms with van der Waals surface area (Å²) in [5, 5.41) is 0. The molecule has 0 radical (unpaired) electrons. The second-order valence-electron chi connectivity index (χ2n) is 20.8. The lowest BCUT2D eigenvalue weighted by atomic mass is 9.79. The first-order chi connectivity index (χ1) is 28.9. The number of hydrogen-bond donors (Lipinski definition) is 0. The lowest BCUT2D eigenvalue weighted by molar-refractivity contribution is -0.146. The van der Waals surface area contributed by atoms with E-state index in [0.29, 0.717) is 37.2 Å². The Morgan fingerprint density at radius 2 is 0.613 bits per heavy atom. The number of methoxy groups -OCH3 is 2. The van der Waals surface area contributed by atoms with Gasteiger partial charge >= 0.3 is 11.9 Å². The fraction of sp³-hybridized carbons (Fsp3) is 0.519. The van der Waals surface area contributed by atoms with Crippen LogP contribution in [0.15, 0.2) is 48.5 Å². The van der Waals surface area contributed by atoms with Crippen molar-refractivity contribution in [3.8, 4) is 23.0 Å². The number of hydrogen-bond acceptors (Lipinski definition) is 8. The Morgan fingerprint density at radius 1 is 0.403 bits per heavy atom. The zero-order chi connectivity index (χ0) is 45.9. The van der Waals surface area contributed by atoms with Crippen LogP contribution in [0.5, 0.6) is 23.0 Å². The number of carbonyl (C=O) groups is 2. The van der Waals surface area contributed by atoms with Gasteiger partial charge in [-0.2, -0.15) is 0 Å². The number of ether oxygens (including phenoxy) is 6. The first kappa shape index (κ1) is 48.1. The van der Waals surface area contributed by atoms with E-state index in [4.69, 9.17) is 28.4 Å². The number of esters is 2. The maximum atomic E-state index is 13.0. The molecule has 0 spiro atoms. The molecule has 0 saturated carbocycles. The van der Waals surface area contributed by atoms with Crippen LogP contribution in [-0.4, -0.2) is 52.6 Å². The molecule has 0 saturated heterocycles. The molecule has 8 nitrogen and oxygen atoms in total. The summed E-state index contributed by atoms with van der Waals surface area (Å²) in [7, 11) is 3.46. The van der Waals surface area contributed by atoms with Gasteiger partial charge in [-0.1, -0.05) is 132 Å². The highest BCUT2D eigenvalue weighted by atomic mass is 16.6. The third-order valence-electron chi connectivity index (χ3n) is 11.6. The number of benzene rings is 4. The summed E-state index contributed by atoms with van der Waals surface area (Å²) in [5.41, 5.74) is 11.6. The van der Waals surface area contributed by atoms with Crippen LogP contribution >= 0.6 is 0 Å². The Labute approximate surface area is 372 Å². The van der Waals surface area contributed by atoms with Crippen molar-refractivity contribution in [3.63, 3.8) is 0 Å². The van der Waals surface area contributed by atoms with Crippen LogP contribution in [0.2, 0.25) is 0 Å². The van der Waals surface area contributed by atoms with Gasteiger partial charge in [-0.15, -0.1) is 0 Å². The van der Waals surface area contributed by atoms with E-state index in [0.717, 1.165) is 78.3 Å². The van der Waals surface area contributed by atoms with Gasteiger partial charge in [-0.3, -0.25) is 0 Å². The molecule has 0 atom stereocenters. The molecule has 4 aromatic carbocycles. The zero-order valence-electron chi connectivity index (χ0n) is 40.5. The van der Waals surface area contributed by atoms with E-state index >= 15 is 0 Å². The summed E-state index contributed by atoms with van der Waals surface area (Å²) >= 11 is 0. The fourth-order valence-electron chi connectivity index (χ4n) is 8.18. The average molecular weight is 849 g/mol. The van der Waals surface area contributed by atoms with Crippen molar-refractivity contribution < 1.29 is 38.0 Å². The van der Waals surface area contributed by atoms with Crippen LogP contribution in [0.1, 0.15) is 164 Å². The van der Waals surface area contributed by atoms with Gasteiger partial charge in [-0.05, 0) is 102 Å². The monoisotopic (exact) mass is 849 g/mol. The molecular formula is C54H72O8. The van der Waals surface area contributed by atoms with Crippen LogP contribution in [0, 0.1) is 0 Å². The minimum Gasteiger partial charge on any atom is -0.496 e. The third-order valence-corrected chi connectivity index (χ3v) is 11.6. The Bertz CT molecular complexity index is 2010. The van der Waals surface area contributed by atoms with E-state index < -0.39 is 11.9 Å². The molecule has 0 aromatic heterocycles. The van der Waals surface area contributed by atoms with Gasteiger partial charge in [0.1, 0.15) is 23.0 Å². The Kier molecular flexibility index (Phi) is 14.6. The largest absolute Gasteiger partial charge is 0.496 e. The van der Waals surface area contributed by atoms with E-state index in [2.05, 4.69) is 132 Å². The van der Waals surface area contributed by atoms with E-state index in [1.165, 1.54) is 0 Å². The van der Waals surface area contributed by atoms with Gasteiger partial charge in [0.2, 0.25) is 0 Å². The van der Waals surface area contributed by atoms with Crippen LogP contribution in [0.25, 0.3) is 0 Å². The van der Waals surface area contributed by atoms with Crippen molar-refractivity contribution in [2.45, 2.75) is 144 Å². The summed E-state index contributed by atoms with van der Waals surface area (Å²) in [6.07, 6.45) is 1.89. The van der Waals surface area contributed by atoms with Crippen molar-refractivity contribution in [2.75, 3.05) is 40.6 Å². The standard InChI is InChI=1S/C54H72O8/c1-17-59-45(55)31-61-49-37-19-33-23-41(51(3,4)5)25-35(47(33)57-15)21-39-29-44(54(12,13)14)30-40(50(39)62-32-46(56)60-18-2)22-36-26-42(52(6,7)8)24-34(48(36)58-16)20-38(49)28-43(27-37)53(9,10)11/h23-30H,17-22,31-32H2,1-16H3. The molecule has 1 aliphatic carbocycles. The first-order valence-electron chi connectivity index (χ1n) is 22.2. The van der Waals surface area contributed by atoms with Crippen molar-refractivity contribution in [3.05, 3.63) is 115 Å². The van der Waals surface area contributed by atoms with E-state index in [1.54, 1.807) is 28.1 Å². The minimum atomic E-state index is -0.424. The molecule has 1 aliphatic rings. The second kappa shape index (κ2) is 18.8. The predicted octanol–water partition coefficient (Wildman–Crippen LogP) is 11.5. The third kappa shape index (κ3) is 11.3. The summed E-state index contributed by atoms with van der Waals surface area (Å²) in [6, 6.07) is 17.9. The number of fused-ring (bicyclic) bond motifs is 8. The highest BCUT2D eigenvalue weighted by molar-refractivity contribution is 5.72. The first-order valence-corrected chi connectivity index (χ1v) is 22.2. The maximum Gasteiger partial charge on any atom is 0.344 e. The fourth-order valence-corrected chi connectivity index (χ4v) is 8.18. The second-order valence-corrected chi connectivity index (χ2v) is 20.8. The van der Waals surface area contributed by atoms with Gasteiger partial charge < -0.3 is 28.4 Å². The summed E-state index contributed by atoms with van der Waals surface area (Å²) < 4.78 is 36.9. The van der Waals surface area contributed by atoms with Crippen LogP contribution in [-0.2, 0) is 66.4 Å². The topological polar surface area (TPSA) is 89.5 Å². The molecule has 336 valence electrons. The molecule has 8 heteroatoms. The van der Waals surface area contributed by atoms with Gasteiger partial charge in [0.05, 0.1) is 27.4 Å². The molecule has 4 aromatic rings. The quantitative estimate of drug-likeness (QED) is 0.128. The van der Waals surface area contributed by atoms with E-state index in [1.807, 2.05) is 0 Å². The molecule has 62 heavy (non-hydrogen) atoms. The van der Waals surface area contributed by atoms with Gasteiger partial charge in [0.25, 0.3) is 0 Å². The van der Waals surface area contributed by atoms with Crippen molar-refractivity contribution in [1.29, 1.82) is 0 Å². The summed E-state index contributed by atoms with van der Waals surface area (Å²) in [5.74, 6) is 2.00. The maximum absolute atomic E-state index is 13.0. The smallest absolute Gasteiger partial charge is 0.344 e. The molecule has 0 N–H and O–H groups in total. The van der Waals surface area contributed by atoms with E-state index in [9.17, 15) is 9.59 Å². The highest BCUT2D eigenvalue weighted by Gasteiger charge is 2.29. The van der Waals surface area contributed by atoms with E-state index in [-0.39, 0.29) is 48.1 Å². The Morgan fingerprint density at radius 3 is 0.790 bits per heavy atom. The summed E-state index contributed by atoms with van der Waals surface area (Å²) in [4.78, 5) is 26.0. The molecule has 5 rings (SSSR count). The molecule has 8 bridgehead atoms. The van der Waals surface area contributed by atoms with Gasteiger partial charge in [0, 0.05) is 25.7 Å². The normalized spacial score (nSPS) is 13.3. The average Bonchev–Trinajstić information content (AvgIpc) is 3.15.